The molecule has 0 spiro atoms. The Morgan fingerprint density at radius 1 is 1.29 bits per heavy atom. The monoisotopic (exact) mass is 322 g/mol. The summed E-state index contributed by atoms with van der Waals surface area (Å²) < 4.78 is 5.46. The van der Waals surface area contributed by atoms with E-state index in [1.54, 1.807) is 18.5 Å². The van der Waals surface area contributed by atoms with Crippen LogP contribution in [-0.4, -0.2) is 22.3 Å². The zero-order valence-corrected chi connectivity index (χ0v) is 13.5. The summed E-state index contributed by atoms with van der Waals surface area (Å²) in [6.07, 6.45) is 7.37. The third kappa shape index (κ3) is 3.27. The Balaban J connectivity index is 1.73. The number of benzene rings is 1. The molecule has 0 bridgehead atoms. The van der Waals surface area contributed by atoms with Crippen molar-refractivity contribution in [2.45, 2.75) is 20.3 Å². The van der Waals surface area contributed by atoms with E-state index in [1.807, 2.05) is 38.1 Å². The van der Waals surface area contributed by atoms with Gasteiger partial charge in [0.2, 0.25) is 0 Å². The molecule has 24 heavy (non-hydrogen) atoms. The lowest BCUT2D eigenvalue weighted by Gasteiger charge is -2.08. The number of aliphatic imine (C=N–C) groups is 1. The van der Waals surface area contributed by atoms with Crippen LogP contribution < -0.4 is 5.32 Å². The molecule has 0 radical (unpaired) electrons. The molecule has 0 aliphatic carbocycles. The van der Waals surface area contributed by atoms with Gasteiger partial charge in [-0.25, -0.2) is 0 Å². The Labute approximate surface area is 140 Å². The topological polar surface area (TPSA) is 79.4 Å². The standard InChI is InChI=1S/C18H18N4O2/c1-3-15-12(2)17(22-21-15)18(23)20-14-6-4-13(5-7-14)16-8-9-19-10-11-24-16/h4-11H,3H2,1-2H3,(H,20,23)(H,21,22). The van der Waals surface area contributed by atoms with Gasteiger partial charge in [0.15, 0.2) is 5.69 Å². The molecule has 0 saturated carbocycles. The molecule has 1 aliphatic rings. The number of carbonyl (C=O) groups excluding carboxylic acids is 1. The van der Waals surface area contributed by atoms with Crippen molar-refractivity contribution in [3.63, 3.8) is 0 Å². The Morgan fingerprint density at radius 3 is 2.79 bits per heavy atom. The van der Waals surface area contributed by atoms with E-state index < -0.39 is 0 Å². The van der Waals surface area contributed by atoms with Gasteiger partial charge in [-0.2, -0.15) is 5.10 Å². The van der Waals surface area contributed by atoms with E-state index in [9.17, 15) is 4.79 Å². The maximum Gasteiger partial charge on any atom is 0.276 e. The first-order valence-electron chi connectivity index (χ1n) is 7.69. The highest BCUT2D eigenvalue weighted by molar-refractivity contribution is 6.04. The molecule has 0 fully saturated rings. The fourth-order valence-electron chi connectivity index (χ4n) is 2.41. The van der Waals surface area contributed by atoms with Gasteiger partial charge in [-0.05, 0) is 43.7 Å². The molecule has 1 amide bonds. The average molecular weight is 322 g/mol. The predicted molar refractivity (Wildman–Crippen MR) is 93.8 cm³/mol. The zero-order valence-electron chi connectivity index (χ0n) is 13.5. The lowest BCUT2D eigenvalue weighted by molar-refractivity contribution is 0.102. The Kier molecular flexibility index (Phi) is 4.56. The number of H-pyrrole nitrogens is 1. The minimum Gasteiger partial charge on any atom is -0.463 e. The zero-order chi connectivity index (χ0) is 16.9. The third-order valence-corrected chi connectivity index (χ3v) is 3.76. The maximum atomic E-state index is 12.3. The second-order valence-electron chi connectivity index (χ2n) is 5.29. The van der Waals surface area contributed by atoms with Gasteiger partial charge in [0.1, 0.15) is 12.0 Å². The van der Waals surface area contributed by atoms with E-state index >= 15 is 0 Å². The molecule has 6 heteroatoms. The van der Waals surface area contributed by atoms with E-state index in [4.69, 9.17) is 4.74 Å². The van der Waals surface area contributed by atoms with Gasteiger partial charge in [-0.1, -0.05) is 6.92 Å². The Hall–Kier alpha value is -3.15. The van der Waals surface area contributed by atoms with Gasteiger partial charge in [0, 0.05) is 28.7 Å². The van der Waals surface area contributed by atoms with Gasteiger partial charge in [0.05, 0.1) is 6.20 Å². The van der Waals surface area contributed by atoms with Crippen molar-refractivity contribution in [2.75, 3.05) is 5.32 Å². The summed E-state index contributed by atoms with van der Waals surface area (Å²) in [5.41, 5.74) is 3.88. The van der Waals surface area contributed by atoms with Crippen molar-refractivity contribution in [3.8, 4) is 0 Å². The van der Waals surface area contributed by atoms with Crippen molar-refractivity contribution in [1.82, 2.24) is 10.2 Å². The predicted octanol–water partition coefficient (Wildman–Crippen LogP) is 3.45. The normalized spacial score (nSPS) is 13.2. The van der Waals surface area contributed by atoms with Crippen LogP contribution in [0.1, 0.15) is 34.2 Å². The lowest BCUT2D eigenvalue weighted by Crippen LogP contribution is -2.13. The molecule has 0 saturated heterocycles. The van der Waals surface area contributed by atoms with E-state index in [0.717, 1.165) is 23.2 Å². The highest BCUT2D eigenvalue weighted by Crippen LogP contribution is 2.20. The first-order chi connectivity index (χ1) is 11.7. The fraction of sp³-hybridized carbons (Fsp3) is 0.167. The van der Waals surface area contributed by atoms with Gasteiger partial charge in [-0.3, -0.25) is 14.9 Å². The fourth-order valence-corrected chi connectivity index (χ4v) is 2.41. The number of rotatable bonds is 4. The van der Waals surface area contributed by atoms with Crippen LogP contribution in [0, 0.1) is 6.92 Å². The Morgan fingerprint density at radius 2 is 2.08 bits per heavy atom. The maximum absolute atomic E-state index is 12.3. The number of amides is 1. The molecule has 2 N–H and O–H groups in total. The molecule has 0 atom stereocenters. The molecule has 122 valence electrons. The summed E-state index contributed by atoms with van der Waals surface area (Å²) in [5, 5.41) is 9.85. The quantitative estimate of drug-likeness (QED) is 0.905. The van der Waals surface area contributed by atoms with Crippen LogP contribution in [-0.2, 0) is 11.2 Å². The van der Waals surface area contributed by atoms with Gasteiger partial charge in [-0.15, -0.1) is 0 Å². The van der Waals surface area contributed by atoms with Gasteiger partial charge < -0.3 is 10.1 Å². The smallest absolute Gasteiger partial charge is 0.276 e. The van der Waals surface area contributed by atoms with Crippen molar-refractivity contribution < 1.29 is 9.53 Å². The number of carbonyl (C=O) groups is 1. The average Bonchev–Trinajstić information content (AvgIpc) is 2.80. The van der Waals surface area contributed by atoms with E-state index in [-0.39, 0.29) is 5.91 Å². The van der Waals surface area contributed by atoms with E-state index in [2.05, 4.69) is 20.5 Å². The van der Waals surface area contributed by atoms with Crippen molar-refractivity contribution in [2.24, 2.45) is 4.99 Å². The van der Waals surface area contributed by atoms with Crippen LogP contribution in [0.2, 0.25) is 0 Å². The highest BCUT2D eigenvalue weighted by Gasteiger charge is 2.15. The van der Waals surface area contributed by atoms with Gasteiger partial charge >= 0.3 is 0 Å². The van der Waals surface area contributed by atoms with Crippen LogP contribution in [0.25, 0.3) is 5.76 Å². The van der Waals surface area contributed by atoms with Crippen LogP contribution in [0.3, 0.4) is 0 Å². The summed E-state index contributed by atoms with van der Waals surface area (Å²) >= 11 is 0. The second-order valence-corrected chi connectivity index (χ2v) is 5.29. The van der Waals surface area contributed by atoms with Crippen LogP contribution in [0.5, 0.6) is 0 Å². The SMILES string of the molecule is CCc1[nH]nc(C(=O)Nc2ccc(C3=CC=NC=CO3)cc2)c1C. The molecular formula is C18H18N4O2. The number of hydrogen-bond donors (Lipinski definition) is 2. The van der Waals surface area contributed by atoms with E-state index in [0.29, 0.717) is 17.1 Å². The number of aromatic amines is 1. The molecular weight excluding hydrogens is 304 g/mol. The molecule has 2 heterocycles. The second kappa shape index (κ2) is 6.95. The number of hydrogen-bond acceptors (Lipinski definition) is 4. The summed E-state index contributed by atoms with van der Waals surface area (Å²) in [6.45, 7) is 3.91. The summed E-state index contributed by atoms with van der Waals surface area (Å²) in [6, 6.07) is 7.41. The largest absolute Gasteiger partial charge is 0.463 e. The van der Waals surface area contributed by atoms with Crippen molar-refractivity contribution in [3.05, 3.63) is 65.3 Å². The number of ether oxygens (including phenoxy) is 1. The summed E-state index contributed by atoms with van der Waals surface area (Å²) in [5.74, 6) is 0.470. The third-order valence-electron chi connectivity index (χ3n) is 3.76. The van der Waals surface area contributed by atoms with E-state index in [1.165, 1.54) is 6.26 Å². The Bertz CT molecular complexity index is 829. The number of nitrogens with one attached hydrogen (secondary N) is 2. The van der Waals surface area contributed by atoms with Crippen molar-refractivity contribution in [1.29, 1.82) is 0 Å². The molecule has 2 aromatic rings. The molecule has 3 rings (SSSR count). The minimum atomic E-state index is -0.226. The lowest BCUT2D eigenvalue weighted by atomic mass is 10.1. The highest BCUT2D eigenvalue weighted by atomic mass is 16.5. The van der Waals surface area contributed by atoms with Crippen molar-refractivity contribution >= 4 is 23.6 Å². The number of anilines is 1. The molecule has 1 aromatic carbocycles. The molecule has 0 unspecified atom stereocenters. The van der Waals surface area contributed by atoms with Crippen LogP contribution in [0.4, 0.5) is 5.69 Å². The van der Waals surface area contributed by atoms with Crippen LogP contribution >= 0.6 is 0 Å². The number of aromatic nitrogens is 2. The summed E-state index contributed by atoms with van der Waals surface area (Å²) in [4.78, 5) is 16.3. The number of nitrogens with zero attached hydrogens (tertiary/aromatic N) is 2. The molecule has 1 aromatic heterocycles. The first kappa shape index (κ1) is 15.7. The molecule has 6 nitrogen and oxygen atoms in total. The molecule has 1 aliphatic heterocycles. The van der Waals surface area contributed by atoms with Crippen LogP contribution in [0.15, 0.2) is 47.8 Å². The summed E-state index contributed by atoms with van der Waals surface area (Å²) in [7, 11) is 0. The first-order valence-corrected chi connectivity index (χ1v) is 7.69. The van der Waals surface area contributed by atoms with Gasteiger partial charge in [0.25, 0.3) is 5.91 Å². The number of aryl methyl sites for hydroxylation is 1. The minimum absolute atomic E-state index is 0.226. The number of allylic oxidation sites excluding steroid dienone is 1.